The van der Waals surface area contributed by atoms with Gasteiger partial charge in [-0.15, -0.1) is 0 Å². The number of nitrogens with one attached hydrogen (secondary N) is 1. The minimum Gasteiger partial charge on any atom is -0.486 e. The fraction of sp³-hybridized carbons (Fsp3) is 0.240. The van der Waals surface area contributed by atoms with Crippen molar-refractivity contribution in [1.29, 1.82) is 0 Å². The topological polar surface area (TPSA) is 84.9 Å². The number of anilines is 1. The molecular formula is C25H25ClN2O5S. The second kappa shape index (κ2) is 9.95. The third kappa shape index (κ3) is 5.13. The molecule has 1 aliphatic rings. The second-order valence-corrected chi connectivity index (χ2v) is 10.2. The van der Waals surface area contributed by atoms with Gasteiger partial charge in [0, 0.05) is 5.02 Å². The Labute approximate surface area is 204 Å². The van der Waals surface area contributed by atoms with Gasteiger partial charge in [-0.3, -0.25) is 9.10 Å². The van der Waals surface area contributed by atoms with Crippen LogP contribution in [-0.2, 0) is 14.8 Å². The third-order valence-electron chi connectivity index (χ3n) is 5.49. The van der Waals surface area contributed by atoms with Crippen LogP contribution in [0.15, 0.2) is 71.6 Å². The highest BCUT2D eigenvalue weighted by atomic mass is 35.5. The molecule has 34 heavy (non-hydrogen) atoms. The number of nitrogens with zero attached hydrogens (tertiary/aromatic N) is 1. The third-order valence-corrected chi connectivity index (χ3v) is 7.50. The predicted molar refractivity (Wildman–Crippen MR) is 131 cm³/mol. The first kappa shape index (κ1) is 23.9. The number of amides is 1. The summed E-state index contributed by atoms with van der Waals surface area (Å²) < 4.78 is 39.3. The van der Waals surface area contributed by atoms with Crippen molar-refractivity contribution in [2.45, 2.75) is 24.8 Å². The normalized spacial score (nSPS) is 13.7. The molecule has 3 aromatic rings. The summed E-state index contributed by atoms with van der Waals surface area (Å²) in [5, 5.41) is 3.37. The number of aryl methyl sites for hydroxylation is 1. The van der Waals surface area contributed by atoms with Crippen LogP contribution in [0.3, 0.4) is 0 Å². The van der Waals surface area contributed by atoms with Crippen molar-refractivity contribution in [3.05, 3.63) is 82.9 Å². The molecule has 0 fully saturated rings. The summed E-state index contributed by atoms with van der Waals surface area (Å²) in [4.78, 5) is 13.2. The molecule has 1 atom stereocenters. The van der Waals surface area contributed by atoms with Crippen LogP contribution in [0.2, 0.25) is 5.02 Å². The van der Waals surface area contributed by atoms with Crippen molar-refractivity contribution in [2.24, 2.45) is 0 Å². The zero-order valence-electron chi connectivity index (χ0n) is 18.8. The summed E-state index contributed by atoms with van der Waals surface area (Å²) >= 11 is 6.08. The number of rotatable bonds is 7. The number of hydrogen-bond donors (Lipinski definition) is 1. The molecule has 0 unspecified atom stereocenters. The van der Waals surface area contributed by atoms with Crippen LogP contribution in [0.1, 0.15) is 24.1 Å². The number of carbonyl (C=O) groups excluding carboxylic acids is 1. The zero-order valence-corrected chi connectivity index (χ0v) is 20.4. The monoisotopic (exact) mass is 500 g/mol. The molecule has 1 aliphatic heterocycles. The van der Waals surface area contributed by atoms with Crippen LogP contribution in [0.5, 0.6) is 11.5 Å². The molecule has 0 radical (unpaired) electrons. The molecule has 0 saturated heterocycles. The van der Waals surface area contributed by atoms with E-state index < -0.39 is 22.5 Å². The molecule has 1 heterocycles. The van der Waals surface area contributed by atoms with E-state index >= 15 is 0 Å². The average Bonchev–Trinajstić information content (AvgIpc) is 2.83. The maximum atomic E-state index is 13.5. The van der Waals surface area contributed by atoms with Gasteiger partial charge in [-0.2, -0.15) is 0 Å². The number of fused-ring (bicyclic) bond motifs is 1. The van der Waals surface area contributed by atoms with Gasteiger partial charge in [-0.05, 0) is 67.4 Å². The molecule has 0 spiro atoms. The second-order valence-electron chi connectivity index (χ2n) is 7.95. The minimum absolute atomic E-state index is 0.0945. The summed E-state index contributed by atoms with van der Waals surface area (Å²) in [5.41, 5.74) is 1.84. The van der Waals surface area contributed by atoms with Crippen molar-refractivity contribution < 1.29 is 22.7 Å². The maximum absolute atomic E-state index is 13.5. The van der Waals surface area contributed by atoms with E-state index in [2.05, 4.69) is 5.32 Å². The molecular weight excluding hydrogens is 476 g/mol. The van der Waals surface area contributed by atoms with Crippen molar-refractivity contribution >= 4 is 33.2 Å². The first-order valence-electron chi connectivity index (χ1n) is 10.8. The van der Waals surface area contributed by atoms with Gasteiger partial charge in [-0.1, -0.05) is 35.9 Å². The van der Waals surface area contributed by atoms with Crippen molar-refractivity contribution in [3.63, 3.8) is 0 Å². The van der Waals surface area contributed by atoms with Gasteiger partial charge in [0.1, 0.15) is 19.8 Å². The van der Waals surface area contributed by atoms with Crippen molar-refractivity contribution in [2.75, 3.05) is 24.1 Å². The number of benzene rings is 3. The van der Waals surface area contributed by atoms with Crippen molar-refractivity contribution in [3.8, 4) is 11.5 Å². The largest absolute Gasteiger partial charge is 0.486 e. The molecule has 0 aromatic heterocycles. The Hall–Kier alpha value is -3.23. The van der Waals surface area contributed by atoms with Crippen molar-refractivity contribution in [1.82, 2.24) is 5.32 Å². The quantitative estimate of drug-likeness (QED) is 0.516. The Bertz CT molecular complexity index is 1300. The maximum Gasteiger partial charge on any atom is 0.264 e. The van der Waals surface area contributed by atoms with E-state index in [1.165, 1.54) is 12.1 Å². The summed E-state index contributed by atoms with van der Waals surface area (Å²) in [5.74, 6) is 0.832. The Morgan fingerprint density at radius 1 is 1.03 bits per heavy atom. The van der Waals surface area contributed by atoms with E-state index in [1.54, 1.807) is 49.4 Å². The van der Waals surface area contributed by atoms with Gasteiger partial charge < -0.3 is 14.8 Å². The van der Waals surface area contributed by atoms with Crippen LogP contribution >= 0.6 is 11.6 Å². The molecule has 3 aromatic carbocycles. The van der Waals surface area contributed by atoms with E-state index in [-0.39, 0.29) is 10.9 Å². The van der Waals surface area contributed by atoms with E-state index in [9.17, 15) is 13.2 Å². The molecule has 1 N–H and O–H groups in total. The molecule has 0 aliphatic carbocycles. The van der Waals surface area contributed by atoms with Gasteiger partial charge in [0.05, 0.1) is 16.6 Å². The average molecular weight is 501 g/mol. The number of carbonyl (C=O) groups is 1. The lowest BCUT2D eigenvalue weighted by atomic mass is 10.1. The predicted octanol–water partition coefficient (Wildman–Crippen LogP) is 4.49. The van der Waals surface area contributed by atoms with Crippen LogP contribution in [0.25, 0.3) is 0 Å². The Kier molecular flexibility index (Phi) is 7.00. The number of hydrogen-bond acceptors (Lipinski definition) is 5. The fourth-order valence-electron chi connectivity index (χ4n) is 3.75. The molecule has 9 heteroatoms. The highest BCUT2D eigenvalue weighted by molar-refractivity contribution is 7.92. The Morgan fingerprint density at radius 3 is 2.44 bits per heavy atom. The van der Waals surface area contributed by atoms with E-state index in [4.69, 9.17) is 21.1 Å². The van der Waals surface area contributed by atoms with Gasteiger partial charge in [-0.25, -0.2) is 8.42 Å². The van der Waals surface area contributed by atoms with Crippen LogP contribution in [0, 0.1) is 6.92 Å². The molecule has 178 valence electrons. The SMILES string of the molecule is Cc1cc(Cl)ccc1N(CC(=O)N[C@H](C)c1ccc2c(c1)OCCO2)S(=O)(=O)c1ccccc1. The lowest BCUT2D eigenvalue weighted by molar-refractivity contribution is -0.120. The van der Waals surface area contributed by atoms with Crippen LogP contribution in [0.4, 0.5) is 5.69 Å². The summed E-state index contributed by atoms with van der Waals surface area (Å²) in [6, 6.07) is 18.0. The first-order chi connectivity index (χ1) is 16.3. The fourth-order valence-corrected chi connectivity index (χ4v) is 5.48. The molecule has 0 bridgehead atoms. The molecule has 1 amide bonds. The van der Waals surface area contributed by atoms with Gasteiger partial charge in [0.15, 0.2) is 11.5 Å². The van der Waals surface area contributed by atoms with E-state index in [1.807, 2.05) is 19.1 Å². The van der Waals surface area contributed by atoms with Gasteiger partial charge in [0.2, 0.25) is 5.91 Å². The smallest absolute Gasteiger partial charge is 0.264 e. The van der Waals surface area contributed by atoms with E-state index in [0.717, 1.165) is 9.87 Å². The number of ether oxygens (including phenoxy) is 2. The Morgan fingerprint density at radius 2 is 1.74 bits per heavy atom. The van der Waals surface area contributed by atoms with E-state index in [0.29, 0.717) is 41.0 Å². The molecule has 4 rings (SSSR count). The number of halogens is 1. The summed E-state index contributed by atoms with van der Waals surface area (Å²) in [6.45, 7) is 4.14. The summed E-state index contributed by atoms with van der Waals surface area (Å²) in [7, 11) is -4.00. The zero-order chi connectivity index (χ0) is 24.3. The molecule has 0 saturated carbocycles. The summed E-state index contributed by atoms with van der Waals surface area (Å²) in [6.07, 6.45) is 0. The highest BCUT2D eigenvalue weighted by Gasteiger charge is 2.29. The Balaban J connectivity index is 1.59. The lowest BCUT2D eigenvalue weighted by Gasteiger charge is -2.27. The standard InChI is InChI=1S/C25H25ClN2O5S/c1-17-14-20(26)9-10-22(17)28(34(30,31)21-6-4-3-5-7-21)16-25(29)27-18(2)19-8-11-23-24(15-19)33-13-12-32-23/h3-11,14-15,18H,12-13,16H2,1-2H3,(H,27,29)/t18-/m1/s1. The molecule has 7 nitrogen and oxygen atoms in total. The highest BCUT2D eigenvalue weighted by Crippen LogP contribution is 2.33. The van der Waals surface area contributed by atoms with Crippen LogP contribution < -0.4 is 19.1 Å². The minimum atomic E-state index is -4.00. The van der Waals surface area contributed by atoms with Crippen LogP contribution in [-0.4, -0.2) is 34.1 Å². The number of sulfonamides is 1. The van der Waals surface area contributed by atoms with Gasteiger partial charge >= 0.3 is 0 Å². The lowest BCUT2D eigenvalue weighted by Crippen LogP contribution is -2.41. The van der Waals surface area contributed by atoms with Gasteiger partial charge in [0.25, 0.3) is 10.0 Å². The first-order valence-corrected chi connectivity index (χ1v) is 12.6.